The van der Waals surface area contributed by atoms with Gasteiger partial charge < -0.3 is 19.9 Å². The number of rotatable bonds is 5. The topological polar surface area (TPSA) is 57.2 Å². The second-order valence-electron chi connectivity index (χ2n) is 9.16. The fraction of sp³-hybridized carbons (Fsp3) is 0.667. The van der Waals surface area contributed by atoms with E-state index in [9.17, 15) is 4.79 Å². The van der Waals surface area contributed by atoms with Crippen molar-refractivity contribution in [3.63, 3.8) is 0 Å². The molecule has 1 aromatic rings. The van der Waals surface area contributed by atoms with Crippen molar-refractivity contribution >= 4 is 35.8 Å². The molecule has 4 rings (SSSR count). The maximum atomic E-state index is 12.8. The van der Waals surface area contributed by atoms with E-state index < -0.39 is 0 Å². The van der Waals surface area contributed by atoms with E-state index in [2.05, 4.69) is 47.5 Å². The normalized spacial score (nSPS) is 24.5. The third kappa shape index (κ3) is 6.34. The van der Waals surface area contributed by atoms with Gasteiger partial charge in [-0.2, -0.15) is 0 Å². The number of carbonyl (C=O) groups excluding carboxylic acids is 1. The summed E-state index contributed by atoms with van der Waals surface area (Å²) in [6.07, 6.45) is 5.57. The van der Waals surface area contributed by atoms with E-state index in [0.717, 1.165) is 84.0 Å². The van der Waals surface area contributed by atoms with Crippen molar-refractivity contribution in [2.45, 2.75) is 39.0 Å². The summed E-state index contributed by atoms with van der Waals surface area (Å²) in [6, 6.07) is 10.7. The zero-order valence-corrected chi connectivity index (χ0v) is 21.1. The van der Waals surface area contributed by atoms with E-state index >= 15 is 0 Å². The van der Waals surface area contributed by atoms with Gasteiger partial charge in [-0.1, -0.05) is 30.3 Å². The second kappa shape index (κ2) is 11.5. The van der Waals surface area contributed by atoms with Gasteiger partial charge in [-0.05, 0) is 50.5 Å². The van der Waals surface area contributed by atoms with E-state index in [1.807, 2.05) is 4.90 Å². The molecular formula is C24H37IN4O2. The lowest BCUT2D eigenvalue weighted by Crippen LogP contribution is -2.43. The number of guanidine groups is 1. The molecule has 3 aliphatic heterocycles. The fourth-order valence-electron chi connectivity index (χ4n) is 5.09. The standard InChI is InChI=1S/C24H36N4O2.HI/c1-2-25-23(28-14-10-24(18-28)11-15-30-19-24)26-17-22(29)27-12-8-21(9-13-27)16-20-6-4-3-5-7-20;/h3-7,21H,2,8-19H2,1H3,(H,25,26);1H. The summed E-state index contributed by atoms with van der Waals surface area (Å²) in [4.78, 5) is 21.8. The molecule has 3 fully saturated rings. The van der Waals surface area contributed by atoms with Gasteiger partial charge in [0.15, 0.2) is 5.96 Å². The number of piperidine rings is 1. The molecule has 3 heterocycles. The largest absolute Gasteiger partial charge is 0.381 e. The summed E-state index contributed by atoms with van der Waals surface area (Å²) >= 11 is 0. The molecule has 1 amide bonds. The van der Waals surface area contributed by atoms with Gasteiger partial charge in [0.25, 0.3) is 0 Å². The molecule has 1 atom stereocenters. The highest BCUT2D eigenvalue weighted by molar-refractivity contribution is 14.0. The van der Waals surface area contributed by atoms with Crippen molar-refractivity contribution in [1.29, 1.82) is 0 Å². The minimum atomic E-state index is 0. The highest BCUT2D eigenvalue weighted by Crippen LogP contribution is 2.38. The Bertz CT molecular complexity index is 728. The average Bonchev–Trinajstić information content (AvgIpc) is 3.42. The third-order valence-electron chi connectivity index (χ3n) is 6.96. The van der Waals surface area contributed by atoms with Crippen LogP contribution in [0.4, 0.5) is 0 Å². The number of carbonyl (C=O) groups is 1. The number of likely N-dealkylation sites (tertiary alicyclic amines) is 2. The monoisotopic (exact) mass is 540 g/mol. The predicted octanol–water partition coefficient (Wildman–Crippen LogP) is 3.16. The summed E-state index contributed by atoms with van der Waals surface area (Å²) in [5, 5.41) is 3.39. The molecule has 1 N–H and O–H groups in total. The second-order valence-corrected chi connectivity index (χ2v) is 9.16. The molecule has 1 aromatic carbocycles. The number of hydrogen-bond acceptors (Lipinski definition) is 3. The molecule has 0 radical (unpaired) electrons. The maximum absolute atomic E-state index is 12.8. The Morgan fingerprint density at radius 3 is 2.61 bits per heavy atom. The van der Waals surface area contributed by atoms with Crippen LogP contribution < -0.4 is 5.32 Å². The molecule has 0 aliphatic carbocycles. The van der Waals surface area contributed by atoms with Gasteiger partial charge in [-0.25, -0.2) is 4.99 Å². The Hall–Kier alpha value is -1.35. The Balaban J connectivity index is 0.00000272. The first kappa shape index (κ1) is 24.3. The Morgan fingerprint density at radius 1 is 1.16 bits per heavy atom. The zero-order chi connectivity index (χ0) is 20.8. The highest BCUT2D eigenvalue weighted by atomic mass is 127. The lowest BCUT2D eigenvalue weighted by atomic mass is 9.87. The molecule has 0 saturated carbocycles. The van der Waals surface area contributed by atoms with Crippen LogP contribution in [0.15, 0.2) is 35.3 Å². The van der Waals surface area contributed by atoms with Gasteiger partial charge >= 0.3 is 0 Å². The van der Waals surface area contributed by atoms with Crippen LogP contribution in [-0.2, 0) is 16.0 Å². The summed E-state index contributed by atoms with van der Waals surface area (Å²) < 4.78 is 5.65. The molecule has 3 aliphatic rings. The number of aliphatic imine (C=N–C) groups is 1. The molecule has 3 saturated heterocycles. The fourth-order valence-corrected chi connectivity index (χ4v) is 5.09. The van der Waals surface area contributed by atoms with E-state index in [1.54, 1.807) is 0 Å². The van der Waals surface area contributed by atoms with Gasteiger partial charge in [0.2, 0.25) is 5.91 Å². The Labute approximate surface area is 203 Å². The van der Waals surface area contributed by atoms with Crippen LogP contribution in [-0.4, -0.2) is 74.1 Å². The summed E-state index contributed by atoms with van der Waals surface area (Å²) in [5.74, 6) is 1.71. The number of nitrogens with zero attached hydrogens (tertiary/aromatic N) is 3. The van der Waals surface area contributed by atoms with E-state index in [-0.39, 0.29) is 36.4 Å². The van der Waals surface area contributed by atoms with E-state index in [0.29, 0.717) is 11.3 Å². The van der Waals surface area contributed by atoms with Crippen molar-refractivity contribution < 1.29 is 9.53 Å². The number of amides is 1. The quantitative estimate of drug-likeness (QED) is 0.354. The number of halogens is 1. The molecule has 7 heteroatoms. The number of benzene rings is 1. The summed E-state index contributed by atoms with van der Waals surface area (Å²) in [6.45, 7) is 8.56. The molecule has 0 bridgehead atoms. The minimum absolute atomic E-state index is 0. The van der Waals surface area contributed by atoms with Gasteiger partial charge in [0.05, 0.1) is 6.61 Å². The third-order valence-corrected chi connectivity index (χ3v) is 6.96. The van der Waals surface area contributed by atoms with Gasteiger partial charge in [-0.15, -0.1) is 24.0 Å². The van der Waals surface area contributed by atoms with Crippen molar-refractivity contribution in [2.24, 2.45) is 16.3 Å². The van der Waals surface area contributed by atoms with Gasteiger partial charge in [-0.3, -0.25) is 4.79 Å². The predicted molar refractivity (Wildman–Crippen MR) is 135 cm³/mol. The smallest absolute Gasteiger partial charge is 0.244 e. The average molecular weight is 540 g/mol. The molecule has 0 aromatic heterocycles. The zero-order valence-electron chi connectivity index (χ0n) is 18.7. The van der Waals surface area contributed by atoms with Crippen LogP contribution >= 0.6 is 24.0 Å². The number of ether oxygens (including phenoxy) is 1. The van der Waals surface area contributed by atoms with Crippen LogP contribution in [0.2, 0.25) is 0 Å². The molecule has 172 valence electrons. The molecule has 31 heavy (non-hydrogen) atoms. The Kier molecular flexibility index (Phi) is 9.01. The summed E-state index contributed by atoms with van der Waals surface area (Å²) in [5.41, 5.74) is 1.69. The van der Waals surface area contributed by atoms with Crippen molar-refractivity contribution in [1.82, 2.24) is 15.1 Å². The lowest BCUT2D eigenvalue weighted by molar-refractivity contribution is -0.131. The first-order valence-corrected chi connectivity index (χ1v) is 11.6. The lowest BCUT2D eigenvalue weighted by Gasteiger charge is -2.32. The van der Waals surface area contributed by atoms with Crippen molar-refractivity contribution in [3.05, 3.63) is 35.9 Å². The van der Waals surface area contributed by atoms with Crippen molar-refractivity contribution in [2.75, 3.05) is 52.5 Å². The van der Waals surface area contributed by atoms with E-state index in [1.165, 1.54) is 5.56 Å². The first-order chi connectivity index (χ1) is 14.7. The highest BCUT2D eigenvalue weighted by Gasteiger charge is 2.42. The molecule has 1 spiro atoms. The van der Waals surface area contributed by atoms with Gasteiger partial charge in [0.1, 0.15) is 6.54 Å². The van der Waals surface area contributed by atoms with Crippen LogP contribution in [0.5, 0.6) is 0 Å². The van der Waals surface area contributed by atoms with E-state index in [4.69, 9.17) is 9.73 Å². The van der Waals surface area contributed by atoms with Crippen LogP contribution in [0.3, 0.4) is 0 Å². The van der Waals surface area contributed by atoms with Crippen LogP contribution in [0.1, 0.15) is 38.2 Å². The molecule has 6 nitrogen and oxygen atoms in total. The SMILES string of the molecule is CCNC(=NCC(=O)N1CCC(Cc2ccccc2)CC1)N1CCC2(CCOC2)C1.I. The molecule has 1 unspecified atom stereocenters. The number of hydrogen-bond donors (Lipinski definition) is 1. The maximum Gasteiger partial charge on any atom is 0.244 e. The van der Waals surface area contributed by atoms with Gasteiger partial charge in [0, 0.05) is 44.7 Å². The number of nitrogens with one attached hydrogen (secondary N) is 1. The van der Waals surface area contributed by atoms with Crippen molar-refractivity contribution in [3.8, 4) is 0 Å². The Morgan fingerprint density at radius 2 is 1.94 bits per heavy atom. The van der Waals surface area contributed by atoms with Crippen LogP contribution in [0.25, 0.3) is 0 Å². The summed E-state index contributed by atoms with van der Waals surface area (Å²) in [7, 11) is 0. The first-order valence-electron chi connectivity index (χ1n) is 11.6. The minimum Gasteiger partial charge on any atom is -0.381 e. The van der Waals surface area contributed by atoms with Crippen LogP contribution in [0, 0.1) is 11.3 Å². The molecular weight excluding hydrogens is 503 g/mol.